The molecule has 0 atom stereocenters. The molecule has 0 bridgehead atoms. The first-order valence-corrected chi connectivity index (χ1v) is 9.71. The Morgan fingerprint density at radius 3 is 1.76 bits per heavy atom. The van der Waals surface area contributed by atoms with Crippen LogP contribution in [-0.4, -0.2) is 27.4 Å². The van der Waals surface area contributed by atoms with Gasteiger partial charge in [-0.25, -0.2) is 13.6 Å². The van der Waals surface area contributed by atoms with Gasteiger partial charge in [0.2, 0.25) is 10.0 Å². The molecule has 0 spiro atoms. The third-order valence-electron chi connectivity index (χ3n) is 3.45. The molecule has 0 aromatic rings. The molecule has 0 rings (SSSR count). The number of primary sulfonamides is 1. The van der Waals surface area contributed by atoms with Crippen LogP contribution in [0.15, 0.2) is 0 Å². The fraction of sp³-hybridized carbons (Fsp3) is 1.00. The number of ether oxygens (including phenoxy) is 1. The van der Waals surface area contributed by atoms with Gasteiger partial charge in [0.15, 0.2) is 0 Å². The fourth-order valence-electron chi connectivity index (χ4n) is 2.39. The molecule has 0 aliphatic carbocycles. The van der Waals surface area contributed by atoms with Gasteiger partial charge in [0, 0.05) is 13.2 Å². The van der Waals surface area contributed by atoms with Crippen molar-refractivity contribution in [2.75, 3.05) is 19.0 Å². The molecule has 128 valence electrons. The Kier molecular flexibility index (Phi) is 9.05. The molecule has 4 nitrogen and oxygen atoms in total. The van der Waals surface area contributed by atoms with Crippen LogP contribution in [0.25, 0.3) is 0 Å². The number of sulfonamides is 1. The van der Waals surface area contributed by atoms with Crippen LogP contribution in [0.5, 0.6) is 0 Å². The quantitative estimate of drug-likeness (QED) is 0.590. The van der Waals surface area contributed by atoms with Gasteiger partial charge in [-0.2, -0.15) is 0 Å². The highest BCUT2D eigenvalue weighted by atomic mass is 32.2. The van der Waals surface area contributed by atoms with E-state index in [9.17, 15) is 8.42 Å². The number of hydrogen-bond donors (Lipinski definition) is 1. The molecule has 0 aliphatic rings. The Morgan fingerprint density at radius 1 is 0.857 bits per heavy atom. The molecular formula is C16H35NO3S. The monoisotopic (exact) mass is 321 g/mol. The molecule has 21 heavy (non-hydrogen) atoms. The molecule has 0 radical (unpaired) electrons. The van der Waals surface area contributed by atoms with Crippen molar-refractivity contribution in [1.29, 1.82) is 0 Å². The van der Waals surface area contributed by atoms with Gasteiger partial charge in [-0.3, -0.25) is 0 Å². The van der Waals surface area contributed by atoms with E-state index >= 15 is 0 Å². The Bertz CT molecular complexity index is 369. The molecule has 0 unspecified atom stereocenters. The number of nitrogens with two attached hydrogens (primary N) is 1. The molecule has 2 N–H and O–H groups in total. The van der Waals surface area contributed by atoms with Gasteiger partial charge < -0.3 is 4.74 Å². The predicted octanol–water partition coefficient (Wildman–Crippen LogP) is 3.70. The van der Waals surface area contributed by atoms with Crippen molar-refractivity contribution in [3.05, 3.63) is 0 Å². The maximum Gasteiger partial charge on any atom is 0.209 e. The Labute approximate surface area is 131 Å². The summed E-state index contributed by atoms with van der Waals surface area (Å²) in [5, 5.41) is 5.10. The highest BCUT2D eigenvalue weighted by molar-refractivity contribution is 7.89. The van der Waals surface area contributed by atoms with E-state index in [-0.39, 0.29) is 11.2 Å². The summed E-state index contributed by atoms with van der Waals surface area (Å²) < 4.78 is 27.8. The summed E-state index contributed by atoms with van der Waals surface area (Å²) >= 11 is 0. The van der Waals surface area contributed by atoms with E-state index < -0.39 is 10.0 Å². The average molecular weight is 322 g/mol. The van der Waals surface area contributed by atoms with Gasteiger partial charge in [-0.1, -0.05) is 47.5 Å². The third kappa shape index (κ3) is 16.1. The van der Waals surface area contributed by atoms with Crippen LogP contribution < -0.4 is 5.14 Å². The summed E-state index contributed by atoms with van der Waals surface area (Å²) in [6.07, 6.45) is 6.38. The minimum atomic E-state index is -3.38. The minimum Gasteiger partial charge on any atom is -0.381 e. The lowest BCUT2D eigenvalue weighted by Crippen LogP contribution is -2.29. The summed E-state index contributed by atoms with van der Waals surface area (Å²) in [5.41, 5.74) is 0.162. The summed E-state index contributed by atoms with van der Waals surface area (Å²) in [4.78, 5) is 0. The highest BCUT2D eigenvalue weighted by Crippen LogP contribution is 2.24. The van der Waals surface area contributed by atoms with E-state index in [2.05, 4.69) is 20.8 Å². The van der Waals surface area contributed by atoms with Crippen molar-refractivity contribution >= 4 is 10.0 Å². The average Bonchev–Trinajstić information content (AvgIpc) is 2.21. The number of hydrogen-bond acceptors (Lipinski definition) is 3. The summed E-state index contributed by atoms with van der Waals surface area (Å²) in [6, 6.07) is 0. The van der Waals surface area contributed by atoms with E-state index in [1.165, 1.54) is 12.8 Å². The van der Waals surface area contributed by atoms with E-state index in [1.807, 2.05) is 13.8 Å². The molecule has 5 heteroatoms. The normalized spacial score (nSPS) is 13.6. The van der Waals surface area contributed by atoms with Crippen LogP contribution in [0.4, 0.5) is 0 Å². The van der Waals surface area contributed by atoms with Gasteiger partial charge >= 0.3 is 0 Å². The van der Waals surface area contributed by atoms with Crippen LogP contribution in [-0.2, 0) is 14.8 Å². The molecule has 0 aliphatic heterocycles. The van der Waals surface area contributed by atoms with Gasteiger partial charge in [0.05, 0.1) is 5.75 Å². The van der Waals surface area contributed by atoms with Crippen molar-refractivity contribution in [2.45, 2.75) is 73.1 Å². The molecule has 0 heterocycles. The Morgan fingerprint density at radius 2 is 1.33 bits per heavy atom. The fourth-order valence-corrected chi connectivity index (χ4v) is 3.62. The summed E-state index contributed by atoms with van der Waals surface area (Å²) in [6.45, 7) is 12.3. The molecule has 0 saturated carbocycles. The maximum absolute atomic E-state index is 11.1. The standard InChI is InChI=1S/C16H35NO3S/c1-15(2,3)10-6-8-12-20-13-9-7-11-16(4,5)14-21(17,18)19/h6-14H2,1-5H3,(H2,17,18,19). The largest absolute Gasteiger partial charge is 0.381 e. The van der Waals surface area contributed by atoms with Crippen molar-refractivity contribution < 1.29 is 13.2 Å². The summed E-state index contributed by atoms with van der Waals surface area (Å²) in [5.74, 6) is 0.0493. The first-order chi connectivity index (χ1) is 9.41. The zero-order valence-corrected chi connectivity index (χ0v) is 15.4. The second-order valence-corrected chi connectivity index (χ2v) is 9.67. The Hall–Kier alpha value is -0.130. The van der Waals surface area contributed by atoms with Crippen molar-refractivity contribution in [1.82, 2.24) is 0 Å². The molecule has 0 fully saturated rings. The van der Waals surface area contributed by atoms with Gasteiger partial charge in [-0.05, 0) is 36.5 Å². The van der Waals surface area contributed by atoms with Crippen molar-refractivity contribution in [2.24, 2.45) is 16.0 Å². The molecule has 0 saturated heterocycles. The molecule has 0 amide bonds. The summed E-state index contributed by atoms with van der Waals surface area (Å²) in [7, 11) is -3.38. The second kappa shape index (κ2) is 9.11. The van der Waals surface area contributed by atoms with Gasteiger partial charge in [0.25, 0.3) is 0 Å². The lowest BCUT2D eigenvalue weighted by molar-refractivity contribution is 0.121. The van der Waals surface area contributed by atoms with Gasteiger partial charge in [-0.15, -0.1) is 0 Å². The Balaban J connectivity index is 3.52. The van der Waals surface area contributed by atoms with E-state index in [4.69, 9.17) is 9.88 Å². The number of unbranched alkanes of at least 4 members (excludes halogenated alkanes) is 2. The zero-order valence-electron chi connectivity index (χ0n) is 14.6. The van der Waals surface area contributed by atoms with Crippen LogP contribution in [0.1, 0.15) is 73.1 Å². The molecule has 0 aromatic heterocycles. The van der Waals surface area contributed by atoms with Crippen molar-refractivity contribution in [3.8, 4) is 0 Å². The lowest BCUT2D eigenvalue weighted by Gasteiger charge is -2.23. The number of rotatable bonds is 11. The smallest absolute Gasteiger partial charge is 0.209 e. The van der Waals surface area contributed by atoms with Gasteiger partial charge in [0.1, 0.15) is 0 Å². The van der Waals surface area contributed by atoms with E-state index in [0.29, 0.717) is 5.41 Å². The highest BCUT2D eigenvalue weighted by Gasteiger charge is 2.23. The van der Waals surface area contributed by atoms with E-state index in [0.717, 1.165) is 38.9 Å². The van der Waals surface area contributed by atoms with Crippen LogP contribution >= 0.6 is 0 Å². The lowest BCUT2D eigenvalue weighted by atomic mass is 9.89. The SMILES string of the molecule is CC(C)(C)CCCCOCCCCC(C)(C)CS(N)(=O)=O. The van der Waals surface area contributed by atoms with Crippen LogP contribution in [0, 0.1) is 10.8 Å². The second-order valence-electron chi connectivity index (χ2n) is 8.06. The third-order valence-corrected chi connectivity index (χ3v) is 4.63. The minimum absolute atomic E-state index is 0.0493. The molecule has 0 aromatic carbocycles. The zero-order chi connectivity index (χ0) is 16.6. The first-order valence-electron chi connectivity index (χ1n) is 8.00. The topological polar surface area (TPSA) is 69.4 Å². The predicted molar refractivity (Wildman–Crippen MR) is 89.7 cm³/mol. The maximum atomic E-state index is 11.1. The van der Waals surface area contributed by atoms with Crippen molar-refractivity contribution in [3.63, 3.8) is 0 Å². The first kappa shape index (κ1) is 20.9. The van der Waals surface area contributed by atoms with Crippen LogP contribution in [0.2, 0.25) is 0 Å². The molecular weight excluding hydrogens is 286 g/mol. The van der Waals surface area contributed by atoms with Crippen LogP contribution in [0.3, 0.4) is 0 Å². The van der Waals surface area contributed by atoms with E-state index in [1.54, 1.807) is 0 Å².